The first-order valence-electron chi connectivity index (χ1n) is 6.58. The van der Waals surface area contributed by atoms with Crippen molar-refractivity contribution in [3.63, 3.8) is 0 Å². The molecule has 0 radical (unpaired) electrons. The summed E-state index contributed by atoms with van der Waals surface area (Å²) in [7, 11) is -1.92. The summed E-state index contributed by atoms with van der Waals surface area (Å²) in [6.45, 7) is 5.76. The second-order valence-corrected chi connectivity index (χ2v) is 6.81. The third kappa shape index (κ3) is 3.08. The Hall–Kier alpha value is -1.86. The fourth-order valence-electron chi connectivity index (χ4n) is 2.28. The molecule has 1 heterocycles. The molecule has 1 aromatic heterocycles. The van der Waals surface area contributed by atoms with E-state index in [1.165, 1.54) is 0 Å². The highest BCUT2D eigenvalue weighted by atomic mass is 32.2. The third-order valence-electron chi connectivity index (χ3n) is 3.40. The Bertz CT molecular complexity index is 779. The van der Waals surface area contributed by atoms with Gasteiger partial charge in [0.1, 0.15) is 0 Å². The molecule has 0 fully saturated rings. The topological polar surface area (TPSA) is 90.0 Å². The fourth-order valence-corrected chi connectivity index (χ4v) is 3.66. The highest BCUT2D eigenvalue weighted by Gasteiger charge is 2.20. The van der Waals surface area contributed by atoms with Crippen LogP contribution in [0.1, 0.15) is 22.4 Å². The van der Waals surface area contributed by atoms with Crippen molar-refractivity contribution < 1.29 is 8.42 Å². The number of nitrogens with two attached hydrogens (primary N) is 1. The second-order valence-electron chi connectivity index (χ2n) is 5.16. The van der Waals surface area contributed by atoms with Crippen LogP contribution in [0.2, 0.25) is 0 Å². The van der Waals surface area contributed by atoms with Gasteiger partial charge < -0.3 is 5.73 Å². The molecule has 2 rings (SSSR count). The Labute approximate surface area is 125 Å². The van der Waals surface area contributed by atoms with Gasteiger partial charge in [0, 0.05) is 19.8 Å². The normalized spacial score (nSPS) is 11.7. The number of hydrogen-bond donors (Lipinski definition) is 2. The van der Waals surface area contributed by atoms with E-state index in [0.717, 1.165) is 11.1 Å². The first kappa shape index (κ1) is 15.5. The van der Waals surface area contributed by atoms with Crippen LogP contribution in [-0.2, 0) is 23.6 Å². The van der Waals surface area contributed by atoms with Crippen molar-refractivity contribution in [3.05, 3.63) is 40.7 Å². The van der Waals surface area contributed by atoms with Crippen molar-refractivity contribution in [1.82, 2.24) is 9.78 Å². The lowest BCUT2D eigenvalue weighted by molar-refractivity contribution is 0.600. The maximum atomic E-state index is 12.6. The number of sulfonamides is 1. The Kier molecular flexibility index (Phi) is 4.06. The van der Waals surface area contributed by atoms with Gasteiger partial charge in [0.2, 0.25) is 0 Å². The zero-order valence-corrected chi connectivity index (χ0v) is 13.5. The lowest BCUT2D eigenvalue weighted by Gasteiger charge is -2.13. The van der Waals surface area contributed by atoms with E-state index < -0.39 is 10.0 Å². The van der Waals surface area contributed by atoms with Crippen molar-refractivity contribution in [2.75, 3.05) is 4.72 Å². The quantitative estimate of drug-likeness (QED) is 0.898. The van der Waals surface area contributed by atoms with E-state index in [9.17, 15) is 8.42 Å². The zero-order valence-electron chi connectivity index (χ0n) is 12.6. The fraction of sp³-hybridized carbons (Fsp3) is 0.357. The molecule has 7 heteroatoms. The van der Waals surface area contributed by atoms with Gasteiger partial charge in [0.25, 0.3) is 10.0 Å². The molecule has 0 unspecified atom stereocenters. The van der Waals surface area contributed by atoms with Crippen molar-refractivity contribution in [2.45, 2.75) is 32.2 Å². The molecule has 0 saturated carbocycles. The Morgan fingerprint density at radius 3 is 2.43 bits per heavy atom. The van der Waals surface area contributed by atoms with Gasteiger partial charge in [-0.3, -0.25) is 9.40 Å². The predicted molar refractivity (Wildman–Crippen MR) is 82.6 cm³/mol. The molecular formula is C14H20N4O2S. The highest BCUT2D eigenvalue weighted by Crippen LogP contribution is 2.24. The van der Waals surface area contributed by atoms with Crippen molar-refractivity contribution in [3.8, 4) is 0 Å². The Morgan fingerprint density at radius 2 is 1.90 bits per heavy atom. The second kappa shape index (κ2) is 5.50. The SMILES string of the molecule is Cc1cc(C)c(S(=O)(=O)Nc2cn(C)nc2C)cc1CN. The highest BCUT2D eigenvalue weighted by molar-refractivity contribution is 7.92. The lowest BCUT2D eigenvalue weighted by atomic mass is 10.1. The molecule has 0 aliphatic heterocycles. The summed E-state index contributed by atoms with van der Waals surface area (Å²) < 4.78 is 29.3. The summed E-state index contributed by atoms with van der Waals surface area (Å²) in [5, 5.41) is 4.13. The molecule has 0 saturated heterocycles. The van der Waals surface area contributed by atoms with Crippen molar-refractivity contribution in [1.29, 1.82) is 0 Å². The van der Waals surface area contributed by atoms with Crippen molar-refractivity contribution >= 4 is 15.7 Å². The van der Waals surface area contributed by atoms with Crippen molar-refractivity contribution in [2.24, 2.45) is 12.8 Å². The number of hydrogen-bond acceptors (Lipinski definition) is 4. The summed E-state index contributed by atoms with van der Waals surface area (Å²) in [5.74, 6) is 0. The maximum absolute atomic E-state index is 12.6. The van der Waals surface area contributed by atoms with Gasteiger partial charge in [0.15, 0.2) is 0 Å². The number of nitrogens with zero attached hydrogens (tertiary/aromatic N) is 2. The van der Waals surface area contributed by atoms with E-state index in [1.807, 2.05) is 13.0 Å². The minimum atomic E-state index is -3.66. The van der Waals surface area contributed by atoms with E-state index >= 15 is 0 Å². The molecule has 114 valence electrons. The summed E-state index contributed by atoms with van der Waals surface area (Å²) in [6.07, 6.45) is 1.64. The smallest absolute Gasteiger partial charge is 0.262 e. The number of nitrogens with one attached hydrogen (secondary N) is 1. The maximum Gasteiger partial charge on any atom is 0.262 e. The number of rotatable bonds is 4. The number of aromatic nitrogens is 2. The van der Waals surface area contributed by atoms with Crippen LogP contribution in [0.3, 0.4) is 0 Å². The van der Waals surface area contributed by atoms with Crippen LogP contribution in [0, 0.1) is 20.8 Å². The van der Waals surface area contributed by atoms with Crippen LogP contribution in [-0.4, -0.2) is 18.2 Å². The molecule has 1 aromatic carbocycles. The minimum Gasteiger partial charge on any atom is -0.326 e. The van der Waals surface area contributed by atoms with Gasteiger partial charge >= 0.3 is 0 Å². The number of aryl methyl sites for hydroxylation is 4. The largest absolute Gasteiger partial charge is 0.326 e. The first-order chi connectivity index (χ1) is 9.74. The number of benzene rings is 1. The molecule has 0 atom stereocenters. The van der Waals surface area contributed by atoms with E-state index in [2.05, 4.69) is 9.82 Å². The monoisotopic (exact) mass is 308 g/mol. The van der Waals surface area contributed by atoms with Crippen LogP contribution in [0.25, 0.3) is 0 Å². The standard InChI is InChI=1S/C14H20N4O2S/c1-9-5-10(2)14(6-12(9)7-15)21(19,20)17-13-8-18(4)16-11(13)3/h5-6,8,17H,7,15H2,1-4H3. The molecule has 0 aliphatic carbocycles. The van der Waals surface area contributed by atoms with E-state index in [-0.39, 0.29) is 4.90 Å². The molecule has 3 N–H and O–H groups in total. The van der Waals surface area contributed by atoms with Crippen LogP contribution < -0.4 is 10.5 Å². The van der Waals surface area contributed by atoms with Gasteiger partial charge in [-0.15, -0.1) is 0 Å². The van der Waals surface area contributed by atoms with Gasteiger partial charge in [-0.25, -0.2) is 8.42 Å². The zero-order chi connectivity index (χ0) is 15.8. The minimum absolute atomic E-state index is 0.247. The molecule has 0 amide bonds. The molecular weight excluding hydrogens is 288 g/mol. The van der Waals surface area contributed by atoms with Crippen LogP contribution >= 0.6 is 0 Å². The van der Waals surface area contributed by atoms with Crippen LogP contribution in [0.4, 0.5) is 5.69 Å². The van der Waals surface area contributed by atoms with Crippen LogP contribution in [0.5, 0.6) is 0 Å². The third-order valence-corrected chi connectivity index (χ3v) is 4.91. The molecule has 0 bridgehead atoms. The molecule has 2 aromatic rings. The van der Waals surface area contributed by atoms with Gasteiger partial charge in [0.05, 0.1) is 16.3 Å². The number of anilines is 1. The van der Waals surface area contributed by atoms with Gasteiger partial charge in [-0.1, -0.05) is 6.07 Å². The molecule has 21 heavy (non-hydrogen) atoms. The molecule has 0 spiro atoms. The molecule has 6 nitrogen and oxygen atoms in total. The van der Waals surface area contributed by atoms with Crippen LogP contribution in [0.15, 0.2) is 23.2 Å². The Balaban J connectivity index is 2.47. The van der Waals surface area contributed by atoms with Gasteiger partial charge in [-0.2, -0.15) is 5.10 Å². The predicted octanol–water partition coefficient (Wildman–Crippen LogP) is 1.60. The van der Waals surface area contributed by atoms with Gasteiger partial charge in [-0.05, 0) is 43.5 Å². The summed E-state index contributed by atoms with van der Waals surface area (Å²) in [5.41, 5.74) is 9.28. The van der Waals surface area contributed by atoms with E-state index in [1.54, 1.807) is 37.8 Å². The average molecular weight is 308 g/mol. The molecule has 0 aliphatic rings. The van der Waals surface area contributed by atoms with E-state index in [4.69, 9.17) is 5.73 Å². The summed E-state index contributed by atoms with van der Waals surface area (Å²) in [4.78, 5) is 0.247. The Morgan fingerprint density at radius 1 is 1.24 bits per heavy atom. The van der Waals surface area contributed by atoms with E-state index in [0.29, 0.717) is 23.5 Å². The summed E-state index contributed by atoms with van der Waals surface area (Å²) >= 11 is 0. The summed E-state index contributed by atoms with van der Waals surface area (Å²) in [6, 6.07) is 3.48. The first-order valence-corrected chi connectivity index (χ1v) is 8.06. The lowest BCUT2D eigenvalue weighted by Crippen LogP contribution is -2.16. The average Bonchev–Trinajstić information content (AvgIpc) is 2.66.